The number of nitrogens with zero attached hydrogens (tertiary/aromatic N) is 3. The first-order valence-corrected chi connectivity index (χ1v) is 13.7. The highest BCUT2D eigenvalue weighted by Gasteiger charge is 2.55. The van der Waals surface area contributed by atoms with Crippen LogP contribution in [0.4, 0.5) is 0 Å². The number of carbonyl (C=O) groups excluding carboxylic acids is 2. The highest BCUT2D eigenvalue weighted by Crippen LogP contribution is 2.60. The zero-order valence-electron chi connectivity index (χ0n) is 21.6. The summed E-state index contributed by atoms with van der Waals surface area (Å²) in [5.74, 6) is 2.48. The van der Waals surface area contributed by atoms with Gasteiger partial charge in [0.2, 0.25) is 11.8 Å². The van der Waals surface area contributed by atoms with E-state index < -0.39 is 0 Å². The third-order valence-corrected chi connectivity index (χ3v) is 8.56. The van der Waals surface area contributed by atoms with Gasteiger partial charge in [-0.3, -0.25) is 9.59 Å². The molecule has 0 atom stereocenters. The molecule has 0 aliphatic heterocycles. The number of ether oxygens (including phenoxy) is 1. The number of unbranched alkanes of at least 4 members (excludes halogenated alkanes) is 1. The smallest absolute Gasteiger partial charge is 0.242 e. The molecule has 34 heavy (non-hydrogen) atoms. The summed E-state index contributed by atoms with van der Waals surface area (Å²) in [6.45, 7) is 7.61. The summed E-state index contributed by atoms with van der Waals surface area (Å²) in [4.78, 5) is 31.6. The molecule has 6 heteroatoms. The van der Waals surface area contributed by atoms with E-state index in [1.54, 1.807) is 0 Å². The number of aryl methyl sites for hydroxylation is 1. The summed E-state index contributed by atoms with van der Waals surface area (Å²) >= 11 is 0. The monoisotopic (exact) mass is 471 g/mol. The lowest BCUT2D eigenvalue weighted by atomic mass is 9.49. The first kappa shape index (κ1) is 25.3. The molecule has 0 saturated heterocycles. The van der Waals surface area contributed by atoms with Crippen LogP contribution < -0.4 is 0 Å². The number of amides is 2. The predicted molar refractivity (Wildman–Crippen MR) is 134 cm³/mol. The van der Waals surface area contributed by atoms with Crippen molar-refractivity contribution >= 4 is 11.8 Å². The normalized spacial score (nSPS) is 27.2. The van der Waals surface area contributed by atoms with E-state index in [0.717, 1.165) is 68.5 Å². The van der Waals surface area contributed by atoms with Gasteiger partial charge in [0.1, 0.15) is 0 Å². The van der Waals surface area contributed by atoms with E-state index in [1.807, 2.05) is 36.0 Å². The Morgan fingerprint density at radius 3 is 2.24 bits per heavy atom. The topological polar surface area (TPSA) is 54.8 Å². The Morgan fingerprint density at radius 1 is 1.03 bits per heavy atom. The molecule has 2 amide bonds. The van der Waals surface area contributed by atoms with Gasteiger partial charge in [-0.1, -0.05) is 13.3 Å². The summed E-state index contributed by atoms with van der Waals surface area (Å²) in [5, 5.41) is 0. The molecule has 6 nitrogen and oxygen atoms in total. The van der Waals surface area contributed by atoms with Crippen molar-refractivity contribution in [3.8, 4) is 0 Å². The summed E-state index contributed by atoms with van der Waals surface area (Å²) in [6.07, 6.45) is 11.9. The largest absolute Gasteiger partial charge is 0.382 e. The first-order chi connectivity index (χ1) is 16.4. The Morgan fingerprint density at radius 2 is 1.68 bits per heavy atom. The van der Waals surface area contributed by atoms with Crippen LogP contribution in [0.25, 0.3) is 0 Å². The van der Waals surface area contributed by atoms with E-state index in [2.05, 4.69) is 17.6 Å². The van der Waals surface area contributed by atoms with Crippen LogP contribution in [0.1, 0.15) is 77.3 Å². The van der Waals surface area contributed by atoms with Gasteiger partial charge in [-0.2, -0.15) is 0 Å². The van der Waals surface area contributed by atoms with Crippen LogP contribution in [0, 0.1) is 23.2 Å². The summed E-state index contributed by atoms with van der Waals surface area (Å²) < 4.78 is 7.64. The van der Waals surface area contributed by atoms with Crippen molar-refractivity contribution in [3.63, 3.8) is 0 Å². The number of aromatic nitrogens is 1. The Balaban J connectivity index is 1.48. The van der Waals surface area contributed by atoms with Gasteiger partial charge in [-0.05, 0) is 88.2 Å². The SMILES string of the molecule is CCCCN(Cc1cccn1C)C(=O)CN(CCCOCC)C(=O)C12CC3CC(CC(C3)C1)C2. The number of carbonyl (C=O) groups is 2. The minimum Gasteiger partial charge on any atom is -0.382 e. The van der Waals surface area contributed by atoms with Crippen LogP contribution in [0.2, 0.25) is 0 Å². The molecule has 4 bridgehead atoms. The molecule has 1 aromatic heterocycles. The fourth-order valence-corrected chi connectivity index (χ4v) is 7.22. The van der Waals surface area contributed by atoms with E-state index in [9.17, 15) is 9.59 Å². The standard InChI is InChI=1S/C28H45N3O3/c1-4-6-11-30(20-25-9-7-10-29(25)3)26(32)21-31(12-8-13-34-5-2)27(33)28-17-22-14-23(18-28)16-24(15-22)19-28/h7,9-10,22-24H,4-6,8,11-21H2,1-3H3. The molecule has 1 aromatic rings. The van der Waals surface area contributed by atoms with Crippen molar-refractivity contribution in [2.24, 2.45) is 30.2 Å². The third kappa shape index (κ3) is 5.69. The molecule has 190 valence electrons. The van der Waals surface area contributed by atoms with Crippen LogP contribution in [0.3, 0.4) is 0 Å². The molecule has 1 heterocycles. The van der Waals surface area contributed by atoms with Crippen molar-refractivity contribution < 1.29 is 14.3 Å². The fourth-order valence-electron chi connectivity index (χ4n) is 7.22. The average molecular weight is 472 g/mol. The van der Waals surface area contributed by atoms with Gasteiger partial charge in [0.05, 0.1) is 18.5 Å². The highest BCUT2D eigenvalue weighted by molar-refractivity contribution is 5.88. The molecular formula is C28H45N3O3. The number of hydrogen-bond donors (Lipinski definition) is 0. The Labute approximate surface area is 206 Å². The predicted octanol–water partition coefficient (Wildman–Crippen LogP) is 4.63. The van der Waals surface area contributed by atoms with Gasteiger partial charge in [-0.15, -0.1) is 0 Å². The summed E-state index contributed by atoms with van der Waals surface area (Å²) in [7, 11) is 2.02. The van der Waals surface area contributed by atoms with Gasteiger partial charge >= 0.3 is 0 Å². The molecule has 4 fully saturated rings. The second-order valence-corrected chi connectivity index (χ2v) is 11.3. The molecule has 4 aliphatic rings. The van der Waals surface area contributed by atoms with Crippen molar-refractivity contribution in [2.45, 2.75) is 78.2 Å². The number of rotatable bonds is 13. The fraction of sp³-hybridized carbons (Fsp3) is 0.786. The molecule has 0 spiro atoms. The molecule has 0 unspecified atom stereocenters. The Kier molecular flexibility index (Phi) is 8.39. The van der Waals surface area contributed by atoms with E-state index in [4.69, 9.17) is 4.74 Å². The molecular weight excluding hydrogens is 426 g/mol. The van der Waals surface area contributed by atoms with E-state index in [1.165, 1.54) is 19.3 Å². The lowest BCUT2D eigenvalue weighted by Crippen LogP contribution is -2.56. The zero-order chi connectivity index (χ0) is 24.1. The first-order valence-electron chi connectivity index (χ1n) is 13.7. The van der Waals surface area contributed by atoms with Crippen molar-refractivity contribution in [1.82, 2.24) is 14.4 Å². The third-order valence-electron chi connectivity index (χ3n) is 8.56. The Bertz CT molecular complexity index is 797. The minimum atomic E-state index is -0.215. The maximum atomic E-state index is 14.1. The molecule has 4 saturated carbocycles. The second kappa shape index (κ2) is 11.3. The van der Waals surface area contributed by atoms with Gasteiger partial charge in [0, 0.05) is 45.2 Å². The average Bonchev–Trinajstić information content (AvgIpc) is 3.21. The molecule has 0 aromatic carbocycles. The van der Waals surface area contributed by atoms with Crippen molar-refractivity contribution in [3.05, 3.63) is 24.0 Å². The van der Waals surface area contributed by atoms with Gasteiger partial charge in [-0.25, -0.2) is 0 Å². The molecule has 5 rings (SSSR count). The van der Waals surface area contributed by atoms with Crippen LogP contribution >= 0.6 is 0 Å². The molecule has 0 N–H and O–H groups in total. The van der Waals surface area contributed by atoms with Crippen molar-refractivity contribution in [1.29, 1.82) is 0 Å². The van der Waals surface area contributed by atoms with Crippen LogP contribution in [-0.4, -0.2) is 59.0 Å². The van der Waals surface area contributed by atoms with Crippen molar-refractivity contribution in [2.75, 3.05) is 32.8 Å². The van der Waals surface area contributed by atoms with Gasteiger partial charge in [0.25, 0.3) is 0 Å². The molecule has 0 radical (unpaired) electrons. The van der Waals surface area contributed by atoms with Gasteiger partial charge < -0.3 is 19.1 Å². The zero-order valence-corrected chi connectivity index (χ0v) is 21.6. The van der Waals surface area contributed by atoms with E-state index >= 15 is 0 Å². The van der Waals surface area contributed by atoms with E-state index in [-0.39, 0.29) is 23.8 Å². The maximum Gasteiger partial charge on any atom is 0.242 e. The number of hydrogen-bond acceptors (Lipinski definition) is 3. The quantitative estimate of drug-likeness (QED) is 0.394. The van der Waals surface area contributed by atoms with E-state index in [0.29, 0.717) is 26.3 Å². The highest BCUT2D eigenvalue weighted by atomic mass is 16.5. The lowest BCUT2D eigenvalue weighted by Gasteiger charge is -2.56. The summed E-state index contributed by atoms with van der Waals surface area (Å²) in [5.41, 5.74) is 0.910. The van der Waals surface area contributed by atoms with Gasteiger partial charge in [0.15, 0.2) is 0 Å². The summed E-state index contributed by atoms with van der Waals surface area (Å²) in [6, 6.07) is 4.10. The maximum absolute atomic E-state index is 14.1. The van der Waals surface area contributed by atoms with Crippen LogP contribution in [0.5, 0.6) is 0 Å². The molecule has 4 aliphatic carbocycles. The Hall–Kier alpha value is -1.82. The minimum absolute atomic E-state index is 0.0733. The second-order valence-electron chi connectivity index (χ2n) is 11.3. The van der Waals surface area contributed by atoms with Crippen LogP contribution in [0.15, 0.2) is 18.3 Å². The lowest BCUT2D eigenvalue weighted by molar-refractivity contribution is -0.160. The van der Waals surface area contributed by atoms with Crippen LogP contribution in [-0.2, 0) is 27.9 Å².